The van der Waals surface area contributed by atoms with Crippen LogP contribution in [0.15, 0.2) is 142 Å². The summed E-state index contributed by atoms with van der Waals surface area (Å²) in [5.41, 5.74) is 6.59. The summed E-state index contributed by atoms with van der Waals surface area (Å²) >= 11 is 1.77. The van der Waals surface area contributed by atoms with Crippen LogP contribution in [-0.4, -0.2) is 19.9 Å². The number of fused-ring (bicyclic) bond motifs is 7. The molecule has 0 atom stereocenters. The van der Waals surface area contributed by atoms with Gasteiger partial charge in [-0.05, 0) is 60.7 Å². The molecule has 0 aliphatic heterocycles. The van der Waals surface area contributed by atoms with Crippen molar-refractivity contribution in [1.82, 2.24) is 19.9 Å². The second-order valence-corrected chi connectivity index (χ2v) is 12.6. The van der Waals surface area contributed by atoms with Crippen LogP contribution in [0.4, 0.5) is 0 Å². The van der Waals surface area contributed by atoms with E-state index in [0.717, 1.165) is 49.7 Å². The molecular formula is C40H22N4O2S. The SMILES string of the molecule is c1ccc(-c2nc3cc(-c4nc(-c5ccc6c(c5)oc5ccccc56)nc(-c5ccc6c(c5)sc5ccccc56)n4)ccc3o2)cc1. The normalized spacial score (nSPS) is 11.8. The van der Waals surface area contributed by atoms with Crippen molar-refractivity contribution in [3.8, 4) is 45.6 Å². The second-order valence-electron chi connectivity index (χ2n) is 11.5. The van der Waals surface area contributed by atoms with E-state index in [2.05, 4.69) is 60.7 Å². The molecule has 0 fully saturated rings. The minimum Gasteiger partial charge on any atom is -0.456 e. The van der Waals surface area contributed by atoms with Crippen molar-refractivity contribution in [1.29, 1.82) is 0 Å². The first kappa shape index (κ1) is 26.1. The van der Waals surface area contributed by atoms with Gasteiger partial charge in [-0.1, -0.05) is 72.8 Å². The smallest absolute Gasteiger partial charge is 0.227 e. The van der Waals surface area contributed by atoms with E-state index in [0.29, 0.717) is 28.9 Å². The van der Waals surface area contributed by atoms with Crippen molar-refractivity contribution in [3.63, 3.8) is 0 Å². The Kier molecular flexibility index (Phi) is 5.64. The maximum atomic E-state index is 6.22. The quantitative estimate of drug-likeness (QED) is 0.194. The maximum absolute atomic E-state index is 6.22. The van der Waals surface area contributed by atoms with Gasteiger partial charge in [-0.2, -0.15) is 0 Å². The van der Waals surface area contributed by atoms with Gasteiger partial charge < -0.3 is 8.83 Å². The van der Waals surface area contributed by atoms with Crippen LogP contribution in [0.25, 0.3) is 98.8 Å². The lowest BCUT2D eigenvalue weighted by molar-refractivity contribution is 0.620. The van der Waals surface area contributed by atoms with E-state index in [1.54, 1.807) is 11.3 Å². The van der Waals surface area contributed by atoms with Crippen LogP contribution >= 0.6 is 11.3 Å². The molecule has 0 bridgehead atoms. The maximum Gasteiger partial charge on any atom is 0.227 e. The molecule has 4 heterocycles. The van der Waals surface area contributed by atoms with Crippen molar-refractivity contribution in [3.05, 3.63) is 133 Å². The van der Waals surface area contributed by atoms with E-state index >= 15 is 0 Å². The number of benzene rings is 6. The monoisotopic (exact) mass is 622 g/mol. The number of rotatable bonds is 4. The lowest BCUT2D eigenvalue weighted by Crippen LogP contribution is -2.00. The molecule has 0 saturated carbocycles. The summed E-state index contributed by atoms with van der Waals surface area (Å²) < 4.78 is 14.8. The summed E-state index contributed by atoms with van der Waals surface area (Å²) in [6, 6.07) is 44.9. The molecule has 7 heteroatoms. The molecule has 220 valence electrons. The van der Waals surface area contributed by atoms with Crippen molar-refractivity contribution in [2.45, 2.75) is 0 Å². The van der Waals surface area contributed by atoms with Gasteiger partial charge in [-0.25, -0.2) is 19.9 Å². The van der Waals surface area contributed by atoms with Gasteiger partial charge in [0.05, 0.1) is 0 Å². The van der Waals surface area contributed by atoms with Gasteiger partial charge in [0, 0.05) is 53.2 Å². The standard InChI is InChI=1S/C40H22N4O2S/c1-2-8-23(9-3-1)40-41-31-20-24(16-19-33(31)46-40)37-42-38(25-14-17-28-27-10-4-6-12-32(27)45-34(28)21-25)44-39(43-37)26-15-18-30-29-11-5-7-13-35(29)47-36(30)22-26/h1-22H. The Morgan fingerprint density at radius 2 is 1.00 bits per heavy atom. The van der Waals surface area contributed by atoms with Crippen LogP contribution in [0.2, 0.25) is 0 Å². The summed E-state index contributed by atoms with van der Waals surface area (Å²) in [5, 5.41) is 4.62. The zero-order chi connectivity index (χ0) is 30.9. The minimum atomic E-state index is 0.553. The molecule has 10 rings (SSSR count). The average Bonchev–Trinajstić information content (AvgIpc) is 3.84. The third kappa shape index (κ3) is 4.32. The number of furan rings is 1. The minimum absolute atomic E-state index is 0.553. The summed E-state index contributed by atoms with van der Waals surface area (Å²) in [6.07, 6.45) is 0. The predicted molar refractivity (Wildman–Crippen MR) is 189 cm³/mol. The highest BCUT2D eigenvalue weighted by molar-refractivity contribution is 7.25. The first-order chi connectivity index (χ1) is 23.2. The fraction of sp³-hybridized carbons (Fsp3) is 0. The number of hydrogen-bond acceptors (Lipinski definition) is 7. The zero-order valence-electron chi connectivity index (χ0n) is 24.7. The highest BCUT2D eigenvalue weighted by atomic mass is 32.1. The Balaban J connectivity index is 1.15. The first-order valence-corrected chi connectivity index (χ1v) is 16.1. The fourth-order valence-electron chi connectivity index (χ4n) is 6.26. The zero-order valence-corrected chi connectivity index (χ0v) is 25.5. The Morgan fingerprint density at radius 3 is 1.83 bits per heavy atom. The second kappa shape index (κ2) is 10.2. The van der Waals surface area contributed by atoms with Crippen LogP contribution < -0.4 is 0 Å². The Bertz CT molecular complexity index is 2680. The van der Waals surface area contributed by atoms with E-state index in [1.807, 2.05) is 72.8 Å². The summed E-state index contributed by atoms with van der Waals surface area (Å²) in [7, 11) is 0. The molecule has 0 spiro atoms. The van der Waals surface area contributed by atoms with Crippen LogP contribution in [0.5, 0.6) is 0 Å². The number of hydrogen-bond donors (Lipinski definition) is 0. The molecular weight excluding hydrogens is 601 g/mol. The van der Waals surface area contributed by atoms with Gasteiger partial charge in [0.1, 0.15) is 16.7 Å². The largest absolute Gasteiger partial charge is 0.456 e. The summed E-state index contributed by atoms with van der Waals surface area (Å²) in [4.78, 5) is 19.9. The number of aromatic nitrogens is 4. The first-order valence-electron chi connectivity index (χ1n) is 15.3. The van der Waals surface area contributed by atoms with Gasteiger partial charge in [0.2, 0.25) is 5.89 Å². The van der Waals surface area contributed by atoms with Gasteiger partial charge in [0.25, 0.3) is 0 Å². The number of thiophene rings is 1. The van der Waals surface area contributed by atoms with E-state index in [1.165, 1.54) is 20.2 Å². The molecule has 6 aromatic carbocycles. The van der Waals surface area contributed by atoms with Crippen molar-refractivity contribution >= 4 is 64.5 Å². The van der Waals surface area contributed by atoms with Gasteiger partial charge in [-0.15, -0.1) is 11.3 Å². The fourth-order valence-corrected chi connectivity index (χ4v) is 7.41. The topological polar surface area (TPSA) is 77.8 Å². The number of para-hydroxylation sites is 1. The van der Waals surface area contributed by atoms with Crippen LogP contribution in [0, 0.1) is 0 Å². The third-order valence-corrected chi connectivity index (χ3v) is 9.71. The summed E-state index contributed by atoms with van der Waals surface area (Å²) in [5.74, 6) is 2.29. The number of nitrogens with zero attached hydrogens (tertiary/aromatic N) is 4. The lowest BCUT2D eigenvalue weighted by Gasteiger charge is -2.09. The molecule has 0 N–H and O–H groups in total. The highest BCUT2D eigenvalue weighted by Crippen LogP contribution is 2.37. The van der Waals surface area contributed by atoms with Gasteiger partial charge in [-0.3, -0.25) is 0 Å². The molecule has 10 aromatic rings. The van der Waals surface area contributed by atoms with Gasteiger partial charge in [0.15, 0.2) is 23.1 Å². The van der Waals surface area contributed by atoms with E-state index < -0.39 is 0 Å². The Labute approximate surface area is 271 Å². The Hall–Kier alpha value is -6.18. The predicted octanol–water partition coefficient (Wildman–Crippen LogP) is 10.9. The van der Waals surface area contributed by atoms with E-state index in [-0.39, 0.29) is 0 Å². The Morgan fingerprint density at radius 1 is 0.383 bits per heavy atom. The van der Waals surface area contributed by atoms with E-state index in [4.69, 9.17) is 28.8 Å². The van der Waals surface area contributed by atoms with E-state index in [9.17, 15) is 0 Å². The highest BCUT2D eigenvalue weighted by Gasteiger charge is 2.17. The molecule has 0 amide bonds. The van der Waals surface area contributed by atoms with Crippen LogP contribution in [0.1, 0.15) is 0 Å². The van der Waals surface area contributed by atoms with Crippen LogP contribution in [-0.2, 0) is 0 Å². The van der Waals surface area contributed by atoms with Crippen molar-refractivity contribution in [2.24, 2.45) is 0 Å². The molecule has 0 unspecified atom stereocenters. The average molecular weight is 623 g/mol. The molecule has 0 aliphatic carbocycles. The summed E-state index contributed by atoms with van der Waals surface area (Å²) in [6.45, 7) is 0. The van der Waals surface area contributed by atoms with Crippen molar-refractivity contribution in [2.75, 3.05) is 0 Å². The molecule has 6 nitrogen and oxygen atoms in total. The molecule has 47 heavy (non-hydrogen) atoms. The van der Waals surface area contributed by atoms with Gasteiger partial charge >= 0.3 is 0 Å². The molecule has 0 aliphatic rings. The molecule has 0 radical (unpaired) electrons. The molecule has 4 aromatic heterocycles. The van der Waals surface area contributed by atoms with Crippen molar-refractivity contribution < 1.29 is 8.83 Å². The van der Waals surface area contributed by atoms with Crippen LogP contribution in [0.3, 0.4) is 0 Å². The third-order valence-electron chi connectivity index (χ3n) is 8.58. The molecule has 0 saturated heterocycles. The number of oxazole rings is 1. The lowest BCUT2D eigenvalue weighted by atomic mass is 10.1.